The van der Waals surface area contributed by atoms with Crippen LogP contribution in [0.25, 0.3) is 11.1 Å². The van der Waals surface area contributed by atoms with Gasteiger partial charge in [0.1, 0.15) is 24.2 Å². The summed E-state index contributed by atoms with van der Waals surface area (Å²) in [5, 5.41) is 16.1. The lowest BCUT2D eigenvalue weighted by atomic mass is 9.86. The maximum Gasteiger partial charge on any atom is 0.407 e. The molecule has 14 heteroatoms. The fourth-order valence-corrected chi connectivity index (χ4v) is 5.97. The fraction of sp³-hybridized carbons (Fsp3) is 0.409. The molecule has 1 aromatic heterocycles. The number of alkyl carbamates (subject to hydrolysis) is 1. The highest BCUT2D eigenvalue weighted by Gasteiger charge is 2.33. The summed E-state index contributed by atoms with van der Waals surface area (Å²) in [6.45, 7) is 8.38. The molecule has 0 saturated heterocycles. The summed E-state index contributed by atoms with van der Waals surface area (Å²) in [6.07, 6.45) is 2.32. The smallest absolute Gasteiger partial charge is 0.407 e. The van der Waals surface area contributed by atoms with Gasteiger partial charge in [0.2, 0.25) is 17.7 Å². The molecule has 0 saturated carbocycles. The number of primary amides is 1. The molecule has 3 aromatic carbocycles. The lowest BCUT2D eigenvalue weighted by molar-refractivity contribution is -0.126. The first-order valence-corrected chi connectivity index (χ1v) is 19.4. The van der Waals surface area contributed by atoms with Crippen molar-refractivity contribution in [1.82, 2.24) is 15.6 Å². The molecule has 1 aliphatic rings. The number of carbonyl (C=O) groups excluding carboxylic acids is 3. The molecule has 0 fully saturated rings. The summed E-state index contributed by atoms with van der Waals surface area (Å²) in [5.74, 6) is -0.392. The highest BCUT2D eigenvalue weighted by molar-refractivity contribution is 6.31. The summed E-state index contributed by atoms with van der Waals surface area (Å²) >= 11 is 6.15. The number of carbonyl (C=O) groups is 3. The van der Waals surface area contributed by atoms with Crippen LogP contribution in [0.2, 0.25) is 5.02 Å². The number of hydrogen-bond donors (Lipinski definition) is 4. The van der Waals surface area contributed by atoms with Crippen molar-refractivity contribution in [2.45, 2.75) is 65.5 Å². The van der Waals surface area contributed by atoms with Crippen molar-refractivity contribution in [3.8, 4) is 22.8 Å². The number of fused-ring (bicyclic) bond motifs is 1. The third-order valence-corrected chi connectivity index (χ3v) is 9.38. The van der Waals surface area contributed by atoms with Crippen LogP contribution in [0.1, 0.15) is 50.3 Å². The second-order valence-electron chi connectivity index (χ2n) is 14.8. The molecule has 0 bridgehead atoms. The minimum absolute atomic E-state index is 0.0491. The number of rotatable bonds is 14. The second kappa shape index (κ2) is 23.9. The zero-order chi connectivity index (χ0) is 42.7. The van der Waals surface area contributed by atoms with Crippen molar-refractivity contribution >= 4 is 29.5 Å². The number of aliphatic hydroxyl groups excluding tert-OH is 1. The van der Waals surface area contributed by atoms with Gasteiger partial charge in [-0.3, -0.25) is 9.59 Å². The van der Waals surface area contributed by atoms with Gasteiger partial charge in [-0.05, 0) is 85.0 Å². The fourth-order valence-electron chi connectivity index (χ4n) is 5.76. The maximum absolute atomic E-state index is 12.7. The first-order chi connectivity index (χ1) is 27.6. The molecule has 0 radical (unpaired) electrons. The van der Waals surface area contributed by atoms with Crippen molar-refractivity contribution in [3.05, 3.63) is 113 Å². The minimum Gasteiger partial charge on any atom is -0.493 e. The summed E-state index contributed by atoms with van der Waals surface area (Å²) < 4.78 is 32.7. The number of benzene rings is 3. The van der Waals surface area contributed by atoms with Crippen LogP contribution >= 0.6 is 11.6 Å². The Morgan fingerprint density at radius 1 is 1.00 bits per heavy atom. The van der Waals surface area contributed by atoms with E-state index in [9.17, 15) is 23.9 Å². The normalized spacial score (nSPS) is 13.3. The van der Waals surface area contributed by atoms with Gasteiger partial charge in [-0.25, -0.2) is 14.2 Å². The molecule has 3 atom stereocenters. The summed E-state index contributed by atoms with van der Waals surface area (Å²) in [5.41, 5.74) is 10.2. The van der Waals surface area contributed by atoms with Gasteiger partial charge < -0.3 is 40.4 Å². The quantitative estimate of drug-likeness (QED) is 0.0993. The van der Waals surface area contributed by atoms with Crippen molar-refractivity contribution in [2.75, 3.05) is 40.6 Å². The van der Waals surface area contributed by atoms with Crippen molar-refractivity contribution in [1.29, 1.82) is 0 Å². The van der Waals surface area contributed by atoms with Gasteiger partial charge in [0.15, 0.2) is 0 Å². The zero-order valence-electron chi connectivity index (χ0n) is 34.1. The van der Waals surface area contributed by atoms with E-state index in [0.717, 1.165) is 41.9 Å². The lowest BCUT2D eigenvalue weighted by Crippen LogP contribution is -2.54. The highest BCUT2D eigenvalue weighted by atomic mass is 35.5. The van der Waals surface area contributed by atoms with Gasteiger partial charge in [-0.15, -0.1) is 0 Å². The van der Waals surface area contributed by atoms with Gasteiger partial charge in [0.25, 0.3) is 0 Å². The third kappa shape index (κ3) is 16.3. The molecule has 58 heavy (non-hydrogen) atoms. The topological polar surface area (TPSA) is 171 Å². The number of halogens is 2. The molecule has 2 heterocycles. The molecule has 12 nitrogen and oxygen atoms in total. The van der Waals surface area contributed by atoms with E-state index in [1.165, 1.54) is 24.3 Å². The van der Waals surface area contributed by atoms with E-state index < -0.39 is 41.4 Å². The van der Waals surface area contributed by atoms with Crippen molar-refractivity contribution in [3.63, 3.8) is 0 Å². The van der Waals surface area contributed by atoms with Crippen LogP contribution in [0, 0.1) is 24.1 Å². The van der Waals surface area contributed by atoms with Gasteiger partial charge in [-0.1, -0.05) is 80.4 Å². The molecule has 0 unspecified atom stereocenters. The van der Waals surface area contributed by atoms with Crippen LogP contribution in [0.5, 0.6) is 11.6 Å². The van der Waals surface area contributed by atoms with E-state index >= 15 is 0 Å². The number of aryl methyl sites for hydroxylation is 2. The number of nitrogens with zero attached hydrogens (tertiary/aromatic N) is 1. The molecular formula is C44H56ClFN4O8. The van der Waals surface area contributed by atoms with Gasteiger partial charge in [-0.2, -0.15) is 0 Å². The summed E-state index contributed by atoms with van der Waals surface area (Å²) in [6, 6.07) is 23.1. The number of aromatic nitrogens is 1. The van der Waals surface area contributed by atoms with E-state index in [0.29, 0.717) is 10.9 Å². The van der Waals surface area contributed by atoms with Crippen LogP contribution in [0.15, 0.2) is 85.1 Å². The Hall–Kier alpha value is -5.24. The van der Waals surface area contributed by atoms with E-state index in [-0.39, 0.29) is 38.4 Å². The molecule has 0 spiro atoms. The molecule has 314 valence electrons. The average molecular weight is 823 g/mol. The van der Waals surface area contributed by atoms with Crippen molar-refractivity contribution in [2.24, 2.45) is 17.1 Å². The number of pyridine rings is 1. The zero-order valence-corrected chi connectivity index (χ0v) is 34.8. The molecule has 5 N–H and O–H groups in total. The van der Waals surface area contributed by atoms with Gasteiger partial charge in [0, 0.05) is 42.4 Å². The molecular weight excluding hydrogens is 767 g/mol. The number of ether oxygens (including phenoxy) is 4. The lowest BCUT2D eigenvalue weighted by Gasteiger charge is -2.30. The first-order valence-electron chi connectivity index (χ1n) is 19.0. The molecule has 3 amide bonds. The third-order valence-electron chi connectivity index (χ3n) is 9.01. The second-order valence-corrected chi connectivity index (χ2v) is 15.2. The van der Waals surface area contributed by atoms with Gasteiger partial charge in [0.05, 0.1) is 26.4 Å². The molecule has 0 aliphatic carbocycles. The minimum atomic E-state index is -1.02. The molecule has 4 aromatic rings. The summed E-state index contributed by atoms with van der Waals surface area (Å²) in [7, 11) is 3.10. The van der Waals surface area contributed by atoms with Crippen LogP contribution < -0.4 is 25.8 Å². The van der Waals surface area contributed by atoms with E-state index in [2.05, 4.69) is 46.8 Å². The van der Waals surface area contributed by atoms with Crippen molar-refractivity contribution < 1.29 is 42.8 Å². The van der Waals surface area contributed by atoms with E-state index in [1.807, 2.05) is 18.3 Å². The Morgan fingerprint density at radius 2 is 1.71 bits per heavy atom. The Labute approximate surface area is 345 Å². The number of hydrogen-bond acceptors (Lipinski definition) is 9. The van der Waals surface area contributed by atoms with E-state index in [1.54, 1.807) is 64.3 Å². The largest absolute Gasteiger partial charge is 0.493 e. The number of amides is 3. The maximum atomic E-state index is 12.7. The predicted octanol–water partition coefficient (Wildman–Crippen LogP) is 6.85. The Kier molecular flexibility index (Phi) is 19.4. The number of nitrogens with two attached hydrogens (primary N) is 1. The van der Waals surface area contributed by atoms with Crippen LogP contribution in [0.4, 0.5) is 9.18 Å². The molecule has 5 rings (SSSR count). The standard InChI is InChI=1S/C22H34ClN3O6.C13H13NO.C9H9FO/c1-22(2,3)18(26-21(30)32-10-9-31-4)20(29)25-13-16(27)12-15(19(24)28)11-14-7-5-6-8-17(14)23;1-10-3-5-11(6-4-10)12-7-8-13(15-2)14-9-12;10-8-3-4-9-7(6-8)2-1-5-11-9/h5-8,15-16,18,27H,9-13H2,1-4H3,(H2,24,28)(H,25,29)(H,26,30);3-9H,1-2H3;3-4,6H,1-2,5H2/t15-,16+,18-;;/m1../s1. The Morgan fingerprint density at radius 3 is 2.33 bits per heavy atom. The van der Waals surface area contributed by atoms with Crippen LogP contribution in [-0.4, -0.2) is 80.7 Å². The number of nitrogens with one attached hydrogen (secondary N) is 2. The first kappa shape index (κ1) is 47.1. The summed E-state index contributed by atoms with van der Waals surface area (Å²) in [4.78, 5) is 40.7. The predicted molar refractivity (Wildman–Crippen MR) is 222 cm³/mol. The Bertz CT molecular complexity index is 1890. The number of methoxy groups -OCH3 is 2. The SMILES string of the molecule is COCCOC(=O)N[C@H](C(=O)NC[C@@H](O)C[C@@H](Cc1ccccc1Cl)C(N)=O)C(C)(C)C.COc1ccc(-c2ccc(C)cc2)cn1.Fc1ccc2c(c1)CCCO2. The van der Waals surface area contributed by atoms with Crippen LogP contribution in [-0.2, 0) is 31.9 Å². The monoisotopic (exact) mass is 822 g/mol. The highest BCUT2D eigenvalue weighted by Crippen LogP contribution is 2.25. The average Bonchev–Trinajstić information content (AvgIpc) is 3.20. The van der Waals surface area contributed by atoms with Gasteiger partial charge >= 0.3 is 6.09 Å². The van der Waals surface area contributed by atoms with E-state index in [4.69, 9.17) is 36.3 Å². The molecule has 1 aliphatic heterocycles. The Balaban J connectivity index is 0.000000279. The number of aliphatic hydroxyl groups is 1. The van der Waals surface area contributed by atoms with Crippen LogP contribution in [0.3, 0.4) is 0 Å².